The molecule has 0 fully saturated rings. The number of amides is 1. The normalized spacial score (nSPS) is 11.7. The van der Waals surface area contributed by atoms with Crippen LogP contribution in [0.4, 0.5) is 0 Å². The van der Waals surface area contributed by atoms with Crippen molar-refractivity contribution in [3.8, 4) is 11.4 Å². The van der Waals surface area contributed by atoms with Gasteiger partial charge in [0.05, 0.1) is 12.0 Å². The molecule has 1 aromatic heterocycles. The first-order valence-electron chi connectivity index (χ1n) is 9.92. The highest BCUT2D eigenvalue weighted by Crippen LogP contribution is 2.24. The third kappa shape index (κ3) is 5.57. The molecule has 3 rings (SSSR count). The second-order valence-electron chi connectivity index (χ2n) is 7.87. The number of rotatable bonds is 7. The Labute approximate surface area is 181 Å². The van der Waals surface area contributed by atoms with Crippen molar-refractivity contribution >= 4 is 23.9 Å². The molecule has 1 amide bonds. The van der Waals surface area contributed by atoms with Gasteiger partial charge in [-0.15, -0.1) is 10.2 Å². The predicted molar refractivity (Wildman–Crippen MR) is 123 cm³/mol. The summed E-state index contributed by atoms with van der Waals surface area (Å²) in [5, 5.41) is 13.3. The zero-order chi connectivity index (χ0) is 21.6. The van der Waals surface area contributed by atoms with E-state index in [0.29, 0.717) is 5.16 Å². The Bertz CT molecular complexity index is 1000. The van der Waals surface area contributed by atoms with Crippen LogP contribution >= 0.6 is 11.8 Å². The molecule has 7 heteroatoms. The van der Waals surface area contributed by atoms with E-state index in [1.165, 1.54) is 17.3 Å². The molecule has 0 radical (unpaired) electrons. The van der Waals surface area contributed by atoms with Gasteiger partial charge in [0.25, 0.3) is 5.91 Å². The minimum Gasteiger partial charge on any atom is -0.302 e. The summed E-state index contributed by atoms with van der Waals surface area (Å²) in [6.45, 7) is 9.29. The minimum atomic E-state index is -0.186. The van der Waals surface area contributed by atoms with E-state index in [1.807, 2.05) is 54.0 Å². The quantitative estimate of drug-likeness (QED) is 0.346. The molecule has 0 aliphatic carbocycles. The average Bonchev–Trinajstić information content (AvgIpc) is 3.15. The molecule has 6 nitrogen and oxygen atoms in total. The lowest BCUT2D eigenvalue weighted by Crippen LogP contribution is -2.20. The summed E-state index contributed by atoms with van der Waals surface area (Å²) in [5.74, 6) is 0.833. The summed E-state index contributed by atoms with van der Waals surface area (Å²) >= 11 is 1.35. The molecule has 0 unspecified atom stereocenters. The summed E-state index contributed by atoms with van der Waals surface area (Å²) < 4.78 is 2.01. The third-order valence-electron chi connectivity index (χ3n) is 4.58. The Hall–Kier alpha value is -2.93. The largest absolute Gasteiger partial charge is 0.302 e. The molecule has 0 aliphatic rings. The van der Waals surface area contributed by atoms with Crippen molar-refractivity contribution in [3.63, 3.8) is 0 Å². The number of nitrogens with zero attached hydrogens (tertiary/aromatic N) is 4. The molecule has 30 heavy (non-hydrogen) atoms. The lowest BCUT2D eigenvalue weighted by Gasteiger charge is -2.18. The molecule has 0 aliphatic heterocycles. The number of hydrogen-bond donors (Lipinski definition) is 1. The Balaban J connectivity index is 1.55. The van der Waals surface area contributed by atoms with Crippen LogP contribution in [0, 0.1) is 0 Å². The van der Waals surface area contributed by atoms with E-state index in [2.05, 4.69) is 53.6 Å². The van der Waals surface area contributed by atoms with Gasteiger partial charge in [-0.3, -0.25) is 4.79 Å². The van der Waals surface area contributed by atoms with E-state index in [9.17, 15) is 4.79 Å². The Kier molecular flexibility index (Phi) is 7.05. The molecule has 1 heterocycles. The van der Waals surface area contributed by atoms with E-state index < -0.39 is 0 Å². The zero-order valence-corrected chi connectivity index (χ0v) is 18.6. The lowest BCUT2D eigenvalue weighted by atomic mass is 9.87. The van der Waals surface area contributed by atoms with Gasteiger partial charge in [-0.25, -0.2) is 5.43 Å². The molecular formula is C23H27N5OS. The topological polar surface area (TPSA) is 72.2 Å². The standard InChI is InChI=1S/C23H27N5OS/c1-5-28-21(18-9-7-6-8-10-18)26-27-22(28)30-16-20(29)25-24-15-17-11-13-19(14-12-17)23(2,3)4/h6-15H,5,16H2,1-4H3,(H,25,29)/b24-15+. The maximum Gasteiger partial charge on any atom is 0.250 e. The maximum absolute atomic E-state index is 12.2. The van der Waals surface area contributed by atoms with Crippen molar-refractivity contribution in [2.75, 3.05) is 5.75 Å². The van der Waals surface area contributed by atoms with Gasteiger partial charge in [0, 0.05) is 12.1 Å². The number of benzene rings is 2. The monoisotopic (exact) mass is 421 g/mol. The van der Waals surface area contributed by atoms with Gasteiger partial charge in [0.2, 0.25) is 0 Å². The SMILES string of the molecule is CCn1c(SCC(=O)N/N=C/c2ccc(C(C)(C)C)cc2)nnc1-c1ccccc1. The van der Waals surface area contributed by atoms with Crippen LogP contribution in [-0.4, -0.2) is 32.6 Å². The maximum atomic E-state index is 12.2. The summed E-state index contributed by atoms with van der Waals surface area (Å²) in [6.07, 6.45) is 1.65. The summed E-state index contributed by atoms with van der Waals surface area (Å²) in [4.78, 5) is 12.2. The Morgan fingerprint density at radius 2 is 1.80 bits per heavy atom. The number of nitrogens with one attached hydrogen (secondary N) is 1. The Morgan fingerprint density at radius 1 is 1.10 bits per heavy atom. The second-order valence-corrected chi connectivity index (χ2v) is 8.81. The fraction of sp³-hybridized carbons (Fsp3) is 0.304. The summed E-state index contributed by atoms with van der Waals surface area (Å²) in [5.41, 5.74) is 5.89. The Morgan fingerprint density at radius 3 is 2.43 bits per heavy atom. The van der Waals surface area contributed by atoms with Crippen LogP contribution in [-0.2, 0) is 16.8 Å². The van der Waals surface area contributed by atoms with Crippen LogP contribution in [0.1, 0.15) is 38.8 Å². The first kappa shape index (κ1) is 21.8. The zero-order valence-electron chi connectivity index (χ0n) is 17.8. The molecule has 0 spiro atoms. The van der Waals surface area contributed by atoms with Crippen molar-refractivity contribution in [1.29, 1.82) is 0 Å². The molecular weight excluding hydrogens is 394 g/mol. The smallest absolute Gasteiger partial charge is 0.250 e. The van der Waals surface area contributed by atoms with E-state index in [-0.39, 0.29) is 17.1 Å². The highest BCUT2D eigenvalue weighted by Gasteiger charge is 2.14. The summed E-state index contributed by atoms with van der Waals surface area (Å²) in [6, 6.07) is 18.1. The average molecular weight is 422 g/mol. The van der Waals surface area contributed by atoms with Gasteiger partial charge in [0.1, 0.15) is 0 Å². The van der Waals surface area contributed by atoms with Gasteiger partial charge in [-0.05, 0) is 23.5 Å². The molecule has 156 valence electrons. The van der Waals surface area contributed by atoms with Crippen LogP contribution in [0.3, 0.4) is 0 Å². The van der Waals surface area contributed by atoms with Crippen molar-refractivity contribution in [2.45, 2.75) is 44.8 Å². The van der Waals surface area contributed by atoms with Crippen LogP contribution in [0.5, 0.6) is 0 Å². The summed E-state index contributed by atoms with van der Waals surface area (Å²) in [7, 11) is 0. The second kappa shape index (κ2) is 9.71. The van der Waals surface area contributed by atoms with Gasteiger partial charge in [-0.2, -0.15) is 5.10 Å². The minimum absolute atomic E-state index is 0.112. The van der Waals surface area contributed by atoms with E-state index in [0.717, 1.165) is 23.5 Å². The number of carbonyl (C=O) groups is 1. The number of hydrazone groups is 1. The van der Waals surface area contributed by atoms with E-state index >= 15 is 0 Å². The number of hydrogen-bond acceptors (Lipinski definition) is 5. The van der Waals surface area contributed by atoms with Crippen molar-refractivity contribution in [3.05, 3.63) is 65.7 Å². The number of carbonyl (C=O) groups excluding carboxylic acids is 1. The van der Waals surface area contributed by atoms with Gasteiger partial charge >= 0.3 is 0 Å². The third-order valence-corrected chi connectivity index (χ3v) is 5.54. The predicted octanol–water partition coefficient (Wildman–Crippen LogP) is 4.50. The first-order valence-corrected chi connectivity index (χ1v) is 10.9. The van der Waals surface area contributed by atoms with Crippen molar-refractivity contribution in [2.24, 2.45) is 5.10 Å². The van der Waals surface area contributed by atoms with Crippen LogP contribution in [0.2, 0.25) is 0 Å². The van der Waals surface area contributed by atoms with Gasteiger partial charge in [0.15, 0.2) is 11.0 Å². The van der Waals surface area contributed by atoms with Crippen molar-refractivity contribution < 1.29 is 4.79 Å². The molecule has 2 aromatic carbocycles. The van der Waals surface area contributed by atoms with E-state index in [4.69, 9.17) is 0 Å². The molecule has 0 bridgehead atoms. The molecule has 3 aromatic rings. The number of thioether (sulfide) groups is 1. The fourth-order valence-corrected chi connectivity index (χ4v) is 3.69. The van der Waals surface area contributed by atoms with Gasteiger partial charge in [-0.1, -0.05) is 87.1 Å². The fourth-order valence-electron chi connectivity index (χ4n) is 2.89. The van der Waals surface area contributed by atoms with Crippen molar-refractivity contribution in [1.82, 2.24) is 20.2 Å². The molecule has 1 N–H and O–H groups in total. The highest BCUT2D eigenvalue weighted by atomic mass is 32.2. The van der Waals surface area contributed by atoms with Crippen LogP contribution in [0.15, 0.2) is 64.9 Å². The lowest BCUT2D eigenvalue weighted by molar-refractivity contribution is -0.118. The molecule has 0 atom stereocenters. The first-order chi connectivity index (χ1) is 14.4. The molecule has 0 saturated carbocycles. The van der Waals surface area contributed by atoms with Crippen LogP contribution < -0.4 is 5.43 Å². The van der Waals surface area contributed by atoms with E-state index in [1.54, 1.807) is 6.21 Å². The van der Waals surface area contributed by atoms with Crippen LogP contribution in [0.25, 0.3) is 11.4 Å². The number of aromatic nitrogens is 3. The van der Waals surface area contributed by atoms with Gasteiger partial charge < -0.3 is 4.57 Å². The highest BCUT2D eigenvalue weighted by molar-refractivity contribution is 7.99. The molecule has 0 saturated heterocycles.